The maximum atomic E-state index is 12.1. The molecular formula is C14H12ClF3N4O4. The molecule has 0 unspecified atom stereocenters. The van der Waals surface area contributed by atoms with Crippen molar-refractivity contribution in [2.75, 3.05) is 11.9 Å². The summed E-state index contributed by atoms with van der Waals surface area (Å²) < 4.78 is 41.5. The third kappa shape index (κ3) is 6.01. The number of hydrogen-bond donors (Lipinski definition) is 2. The summed E-state index contributed by atoms with van der Waals surface area (Å²) in [5, 5.41) is 15.7. The summed E-state index contributed by atoms with van der Waals surface area (Å²) in [6.07, 6.45) is -3.20. The van der Waals surface area contributed by atoms with Crippen molar-refractivity contribution >= 4 is 29.3 Å². The first kappa shape index (κ1) is 19.7. The Balaban J connectivity index is 2.03. The van der Waals surface area contributed by atoms with E-state index in [0.717, 1.165) is 10.7 Å². The number of carboxylic acid groups (broad SMARTS) is 1. The number of rotatable bonds is 7. The lowest BCUT2D eigenvalue weighted by Gasteiger charge is -2.06. The molecule has 1 amide bonds. The number of carbonyl (C=O) groups is 2. The molecule has 140 valence electrons. The van der Waals surface area contributed by atoms with E-state index in [0.29, 0.717) is 5.02 Å². The number of nitrogens with zero attached hydrogens (tertiary/aromatic N) is 3. The van der Waals surface area contributed by atoms with E-state index >= 15 is 0 Å². The second kappa shape index (κ2) is 8.15. The van der Waals surface area contributed by atoms with Gasteiger partial charge in [0, 0.05) is 6.20 Å². The molecule has 0 saturated carbocycles. The lowest BCUT2D eigenvalue weighted by atomic mass is 10.3. The van der Waals surface area contributed by atoms with Gasteiger partial charge in [-0.25, -0.2) is 14.5 Å². The van der Waals surface area contributed by atoms with Gasteiger partial charge in [0.25, 0.3) is 0 Å². The smallest absolute Gasteiger partial charge is 0.411 e. The Bertz CT molecular complexity index is 792. The fourth-order valence-electron chi connectivity index (χ4n) is 1.87. The molecule has 0 aliphatic carbocycles. The van der Waals surface area contributed by atoms with Gasteiger partial charge in [0.1, 0.15) is 24.7 Å². The van der Waals surface area contributed by atoms with Gasteiger partial charge >= 0.3 is 12.1 Å². The number of pyridine rings is 1. The number of alkyl halides is 3. The number of nitrogens with one attached hydrogen (secondary N) is 1. The highest BCUT2D eigenvalue weighted by Crippen LogP contribution is 2.16. The van der Waals surface area contributed by atoms with Gasteiger partial charge in [-0.2, -0.15) is 18.3 Å². The minimum absolute atomic E-state index is 0.0518. The number of hydrogen-bond acceptors (Lipinski definition) is 5. The molecule has 0 aliphatic rings. The predicted molar refractivity (Wildman–Crippen MR) is 82.8 cm³/mol. The third-order valence-corrected chi connectivity index (χ3v) is 3.08. The second-order valence-electron chi connectivity index (χ2n) is 5.00. The van der Waals surface area contributed by atoms with E-state index in [1.807, 2.05) is 0 Å². The first-order valence-corrected chi connectivity index (χ1v) is 7.38. The van der Waals surface area contributed by atoms with Crippen LogP contribution in [-0.2, 0) is 22.7 Å². The van der Waals surface area contributed by atoms with Gasteiger partial charge in [-0.3, -0.25) is 4.79 Å². The SMILES string of the molecule is O=C(Cn1nc(COCC(F)(F)F)cc1C(=O)O)Nc1ccc(Cl)cn1. The van der Waals surface area contributed by atoms with E-state index in [-0.39, 0.29) is 17.2 Å². The summed E-state index contributed by atoms with van der Waals surface area (Å²) in [5.74, 6) is -1.83. The van der Waals surface area contributed by atoms with Crippen LogP contribution in [0.5, 0.6) is 0 Å². The van der Waals surface area contributed by atoms with Gasteiger partial charge in [0.15, 0.2) is 0 Å². The normalized spacial score (nSPS) is 11.4. The zero-order valence-electron chi connectivity index (χ0n) is 13.0. The van der Waals surface area contributed by atoms with Gasteiger partial charge in [-0.1, -0.05) is 11.6 Å². The summed E-state index contributed by atoms with van der Waals surface area (Å²) in [6.45, 7) is -2.52. The molecular weight excluding hydrogens is 381 g/mol. The Morgan fingerprint density at radius 3 is 2.65 bits per heavy atom. The molecule has 2 aromatic heterocycles. The lowest BCUT2D eigenvalue weighted by molar-refractivity contribution is -0.176. The fourth-order valence-corrected chi connectivity index (χ4v) is 1.98. The summed E-state index contributed by atoms with van der Waals surface area (Å²) >= 11 is 5.67. The van der Waals surface area contributed by atoms with Gasteiger partial charge in [-0.15, -0.1) is 0 Å². The quantitative estimate of drug-likeness (QED) is 0.749. The van der Waals surface area contributed by atoms with Crippen LogP contribution in [0.15, 0.2) is 24.4 Å². The molecule has 0 spiro atoms. The molecule has 8 nitrogen and oxygen atoms in total. The zero-order chi connectivity index (χ0) is 19.3. The Morgan fingerprint density at radius 2 is 2.08 bits per heavy atom. The number of ether oxygens (including phenoxy) is 1. The van der Waals surface area contributed by atoms with Crippen LogP contribution in [0.1, 0.15) is 16.2 Å². The Labute approximate surface area is 149 Å². The van der Waals surface area contributed by atoms with E-state index in [1.165, 1.54) is 18.3 Å². The maximum absolute atomic E-state index is 12.1. The minimum Gasteiger partial charge on any atom is -0.477 e. The predicted octanol–water partition coefficient (Wildman–Crippen LogP) is 2.35. The Kier molecular flexibility index (Phi) is 6.16. The number of aromatic nitrogens is 3. The average Bonchev–Trinajstić information content (AvgIpc) is 2.91. The van der Waals surface area contributed by atoms with Crippen molar-refractivity contribution in [3.63, 3.8) is 0 Å². The second-order valence-corrected chi connectivity index (χ2v) is 5.44. The van der Waals surface area contributed by atoms with E-state index < -0.39 is 37.8 Å². The van der Waals surface area contributed by atoms with Crippen molar-refractivity contribution in [1.82, 2.24) is 14.8 Å². The molecule has 26 heavy (non-hydrogen) atoms. The molecule has 12 heteroatoms. The van der Waals surface area contributed by atoms with Crippen molar-refractivity contribution in [2.45, 2.75) is 19.3 Å². The van der Waals surface area contributed by atoms with E-state index in [2.05, 4.69) is 20.1 Å². The van der Waals surface area contributed by atoms with Gasteiger partial charge in [-0.05, 0) is 18.2 Å². The highest BCUT2D eigenvalue weighted by Gasteiger charge is 2.27. The van der Waals surface area contributed by atoms with Gasteiger partial charge in [0.05, 0.1) is 17.3 Å². The highest BCUT2D eigenvalue weighted by molar-refractivity contribution is 6.30. The summed E-state index contributed by atoms with van der Waals surface area (Å²) in [7, 11) is 0. The van der Waals surface area contributed by atoms with Crippen molar-refractivity contribution < 1.29 is 32.6 Å². The lowest BCUT2D eigenvalue weighted by Crippen LogP contribution is -2.22. The average molecular weight is 393 g/mol. The topological polar surface area (TPSA) is 106 Å². The largest absolute Gasteiger partial charge is 0.477 e. The van der Waals surface area contributed by atoms with Crippen LogP contribution in [0.3, 0.4) is 0 Å². The van der Waals surface area contributed by atoms with E-state index in [1.54, 1.807) is 0 Å². The van der Waals surface area contributed by atoms with Crippen LogP contribution in [0.4, 0.5) is 19.0 Å². The maximum Gasteiger partial charge on any atom is 0.411 e. The van der Waals surface area contributed by atoms with Crippen molar-refractivity contribution in [2.24, 2.45) is 0 Å². The standard InChI is InChI=1S/C14H12ClF3N4O4/c15-8-1-2-11(19-4-8)20-12(23)5-22-10(13(24)25)3-9(21-22)6-26-7-14(16,17)18/h1-4H,5-7H2,(H,24,25)(H,19,20,23). The molecule has 2 N–H and O–H groups in total. The number of halogens is 4. The molecule has 0 fully saturated rings. The molecule has 0 bridgehead atoms. The first-order chi connectivity index (χ1) is 12.1. The van der Waals surface area contributed by atoms with Crippen LogP contribution >= 0.6 is 11.6 Å². The van der Waals surface area contributed by atoms with Crippen LogP contribution < -0.4 is 5.32 Å². The number of carbonyl (C=O) groups excluding carboxylic acids is 1. The highest BCUT2D eigenvalue weighted by atomic mass is 35.5. The molecule has 0 aromatic carbocycles. The van der Waals surface area contributed by atoms with Crippen LogP contribution in [-0.4, -0.2) is 44.5 Å². The summed E-state index contributed by atoms with van der Waals surface area (Å²) in [4.78, 5) is 27.0. The third-order valence-electron chi connectivity index (χ3n) is 2.85. The molecule has 2 heterocycles. The van der Waals surface area contributed by atoms with Crippen molar-refractivity contribution in [3.8, 4) is 0 Å². The Hall–Kier alpha value is -2.66. The Morgan fingerprint density at radius 1 is 1.35 bits per heavy atom. The monoisotopic (exact) mass is 392 g/mol. The number of amides is 1. The fraction of sp³-hybridized carbons (Fsp3) is 0.286. The summed E-state index contributed by atoms with van der Waals surface area (Å²) in [5.41, 5.74) is -0.418. The van der Waals surface area contributed by atoms with Gasteiger partial charge in [0.2, 0.25) is 5.91 Å². The molecule has 2 aromatic rings. The summed E-state index contributed by atoms with van der Waals surface area (Å²) in [6, 6.07) is 3.97. The van der Waals surface area contributed by atoms with Crippen molar-refractivity contribution in [3.05, 3.63) is 40.8 Å². The number of aromatic carboxylic acids is 1. The van der Waals surface area contributed by atoms with Gasteiger partial charge < -0.3 is 15.2 Å². The van der Waals surface area contributed by atoms with Crippen LogP contribution in [0.2, 0.25) is 5.02 Å². The molecule has 2 rings (SSSR count). The molecule has 0 radical (unpaired) electrons. The zero-order valence-corrected chi connectivity index (χ0v) is 13.7. The van der Waals surface area contributed by atoms with Crippen molar-refractivity contribution in [1.29, 1.82) is 0 Å². The van der Waals surface area contributed by atoms with E-state index in [4.69, 9.17) is 16.7 Å². The van der Waals surface area contributed by atoms with Crippen LogP contribution in [0.25, 0.3) is 0 Å². The number of anilines is 1. The molecule has 0 aliphatic heterocycles. The van der Waals surface area contributed by atoms with Crippen LogP contribution in [0, 0.1) is 0 Å². The first-order valence-electron chi connectivity index (χ1n) is 7.00. The molecule has 0 atom stereocenters. The van der Waals surface area contributed by atoms with E-state index in [9.17, 15) is 22.8 Å². The number of carboxylic acids is 1. The molecule has 0 saturated heterocycles. The minimum atomic E-state index is -4.51.